The Morgan fingerprint density at radius 1 is 1.04 bits per heavy atom. The van der Waals surface area contributed by atoms with Gasteiger partial charge in [0, 0.05) is 5.38 Å². The van der Waals surface area contributed by atoms with Crippen LogP contribution in [0.25, 0.3) is 0 Å². The molecule has 7 heteroatoms. The predicted molar refractivity (Wildman–Crippen MR) is 104 cm³/mol. The first-order chi connectivity index (χ1) is 12.6. The third-order valence-corrected chi connectivity index (χ3v) is 5.57. The number of nitrogens with one attached hydrogen (secondary N) is 1. The van der Waals surface area contributed by atoms with Crippen molar-refractivity contribution in [2.75, 3.05) is 0 Å². The van der Waals surface area contributed by atoms with E-state index in [1.54, 1.807) is 5.38 Å². The number of hydrogen-bond donors (Lipinski definition) is 3. The lowest BCUT2D eigenvalue weighted by Crippen LogP contribution is -2.44. The van der Waals surface area contributed by atoms with Crippen LogP contribution in [0, 0.1) is 0 Å². The minimum Gasteiger partial charge on any atom is -0.480 e. The molecule has 0 bridgehead atoms. The number of aliphatic hydroxyl groups excluding tert-OH is 1. The zero-order chi connectivity index (χ0) is 18.5. The summed E-state index contributed by atoms with van der Waals surface area (Å²) in [5.74, 6) is -1.14. The largest absolute Gasteiger partial charge is 0.480 e. The molecule has 0 aliphatic heterocycles. The van der Waals surface area contributed by atoms with Crippen LogP contribution in [0.4, 0.5) is 0 Å². The van der Waals surface area contributed by atoms with Crippen LogP contribution in [0.1, 0.15) is 28.3 Å². The van der Waals surface area contributed by atoms with Gasteiger partial charge in [0.15, 0.2) is 0 Å². The SMILES string of the molecule is O=C(O)C(NC(c1ccccc1)c1ccccc1)C(O)c1nc(Br)cs1. The van der Waals surface area contributed by atoms with Crippen molar-refractivity contribution in [1.29, 1.82) is 0 Å². The number of aromatic nitrogens is 1. The molecule has 0 fully saturated rings. The summed E-state index contributed by atoms with van der Waals surface area (Å²) in [7, 11) is 0. The van der Waals surface area contributed by atoms with Gasteiger partial charge in [-0.25, -0.2) is 4.98 Å². The molecule has 3 aromatic rings. The number of carboxylic acids is 1. The molecule has 2 unspecified atom stereocenters. The molecule has 2 aromatic carbocycles. The lowest BCUT2D eigenvalue weighted by Gasteiger charge is -2.26. The first-order valence-corrected chi connectivity index (χ1v) is 9.61. The van der Waals surface area contributed by atoms with Crippen molar-refractivity contribution in [2.45, 2.75) is 18.2 Å². The van der Waals surface area contributed by atoms with Gasteiger partial charge in [0.25, 0.3) is 0 Å². The standard InChI is InChI=1S/C19H17BrN2O3S/c20-14-11-26-18(21-14)17(23)16(19(24)25)22-15(12-7-3-1-4-8-12)13-9-5-2-6-10-13/h1-11,15-17,22-23H,(H,24,25). The van der Waals surface area contributed by atoms with Gasteiger partial charge >= 0.3 is 5.97 Å². The number of nitrogens with zero attached hydrogens (tertiary/aromatic N) is 1. The van der Waals surface area contributed by atoms with E-state index in [4.69, 9.17) is 0 Å². The average Bonchev–Trinajstić information content (AvgIpc) is 3.10. The van der Waals surface area contributed by atoms with E-state index in [9.17, 15) is 15.0 Å². The van der Waals surface area contributed by atoms with Crippen molar-refractivity contribution >= 4 is 33.2 Å². The third kappa shape index (κ3) is 4.37. The fraction of sp³-hybridized carbons (Fsp3) is 0.158. The molecule has 26 heavy (non-hydrogen) atoms. The summed E-state index contributed by atoms with van der Waals surface area (Å²) in [6.45, 7) is 0. The van der Waals surface area contributed by atoms with Crippen LogP contribution in [-0.2, 0) is 4.79 Å². The number of aliphatic carboxylic acids is 1. The number of aliphatic hydroxyl groups is 1. The topological polar surface area (TPSA) is 82.5 Å². The zero-order valence-corrected chi connectivity index (χ0v) is 16.0. The molecular formula is C19H17BrN2O3S. The second-order valence-electron chi connectivity index (χ2n) is 5.69. The summed E-state index contributed by atoms with van der Waals surface area (Å²) in [6, 6.07) is 17.5. The fourth-order valence-electron chi connectivity index (χ4n) is 2.70. The van der Waals surface area contributed by atoms with Crippen LogP contribution in [0.5, 0.6) is 0 Å². The number of rotatable bonds is 7. The van der Waals surface area contributed by atoms with Crippen LogP contribution in [0.3, 0.4) is 0 Å². The average molecular weight is 433 g/mol. The Morgan fingerprint density at radius 3 is 2.00 bits per heavy atom. The first kappa shape index (κ1) is 18.7. The Morgan fingerprint density at radius 2 is 1.58 bits per heavy atom. The van der Waals surface area contributed by atoms with Gasteiger partial charge in [-0.15, -0.1) is 11.3 Å². The van der Waals surface area contributed by atoms with Crippen molar-refractivity contribution in [1.82, 2.24) is 10.3 Å². The molecule has 0 saturated carbocycles. The Kier molecular flexibility index (Phi) is 6.16. The van der Waals surface area contributed by atoms with Gasteiger partial charge in [-0.3, -0.25) is 10.1 Å². The summed E-state index contributed by atoms with van der Waals surface area (Å²) in [6.07, 6.45) is -1.27. The molecule has 134 valence electrons. The summed E-state index contributed by atoms with van der Waals surface area (Å²) in [4.78, 5) is 16.0. The smallest absolute Gasteiger partial charge is 0.323 e. The van der Waals surface area contributed by atoms with E-state index in [-0.39, 0.29) is 6.04 Å². The van der Waals surface area contributed by atoms with E-state index in [1.807, 2.05) is 60.7 Å². The predicted octanol–water partition coefficient (Wildman–Crippen LogP) is 3.77. The monoisotopic (exact) mass is 432 g/mol. The maximum Gasteiger partial charge on any atom is 0.323 e. The molecule has 0 saturated heterocycles. The maximum absolute atomic E-state index is 11.9. The summed E-state index contributed by atoms with van der Waals surface area (Å²) >= 11 is 4.44. The number of halogens is 1. The van der Waals surface area contributed by atoms with E-state index >= 15 is 0 Å². The van der Waals surface area contributed by atoms with Crippen LogP contribution in [-0.4, -0.2) is 27.2 Å². The molecule has 0 spiro atoms. The highest BCUT2D eigenvalue weighted by molar-refractivity contribution is 9.10. The van der Waals surface area contributed by atoms with Gasteiger partial charge in [0.1, 0.15) is 21.8 Å². The Bertz CT molecular complexity index is 818. The summed E-state index contributed by atoms with van der Waals surface area (Å²) < 4.78 is 0.573. The molecule has 0 aliphatic carbocycles. The van der Waals surface area contributed by atoms with Crippen molar-refractivity contribution in [3.63, 3.8) is 0 Å². The van der Waals surface area contributed by atoms with E-state index in [2.05, 4.69) is 26.2 Å². The molecule has 1 aromatic heterocycles. The highest BCUT2D eigenvalue weighted by Crippen LogP contribution is 2.28. The number of carboxylic acid groups (broad SMARTS) is 1. The van der Waals surface area contributed by atoms with Crippen molar-refractivity contribution in [3.05, 3.63) is 86.8 Å². The molecule has 0 radical (unpaired) electrons. The van der Waals surface area contributed by atoms with Crippen molar-refractivity contribution in [2.24, 2.45) is 0 Å². The van der Waals surface area contributed by atoms with Crippen LogP contribution >= 0.6 is 27.3 Å². The minimum absolute atomic E-state index is 0.344. The summed E-state index contributed by atoms with van der Waals surface area (Å²) in [5.41, 5.74) is 1.83. The van der Waals surface area contributed by atoms with E-state index in [0.29, 0.717) is 9.61 Å². The molecule has 3 rings (SSSR count). The fourth-order valence-corrected chi connectivity index (χ4v) is 3.98. The molecule has 0 aliphatic rings. The van der Waals surface area contributed by atoms with Gasteiger partial charge in [-0.05, 0) is 27.1 Å². The Labute approximate surface area is 163 Å². The Balaban J connectivity index is 1.94. The van der Waals surface area contributed by atoms with Gasteiger partial charge in [-0.2, -0.15) is 0 Å². The molecule has 0 amide bonds. The molecule has 5 nitrogen and oxygen atoms in total. The van der Waals surface area contributed by atoms with Crippen LogP contribution in [0.15, 0.2) is 70.6 Å². The van der Waals surface area contributed by atoms with Crippen molar-refractivity contribution < 1.29 is 15.0 Å². The molecular weight excluding hydrogens is 416 g/mol. The number of benzene rings is 2. The van der Waals surface area contributed by atoms with E-state index < -0.39 is 18.1 Å². The zero-order valence-electron chi connectivity index (χ0n) is 13.6. The normalized spacial score (nSPS) is 13.5. The number of hydrogen-bond acceptors (Lipinski definition) is 5. The molecule has 1 heterocycles. The maximum atomic E-state index is 11.9. The number of carbonyl (C=O) groups is 1. The van der Waals surface area contributed by atoms with Crippen molar-refractivity contribution in [3.8, 4) is 0 Å². The van der Waals surface area contributed by atoms with E-state index in [1.165, 1.54) is 11.3 Å². The quantitative estimate of drug-likeness (QED) is 0.529. The van der Waals surface area contributed by atoms with Gasteiger partial charge in [0.2, 0.25) is 0 Å². The van der Waals surface area contributed by atoms with Gasteiger partial charge in [-0.1, -0.05) is 60.7 Å². The second-order valence-corrected chi connectivity index (χ2v) is 7.39. The molecule has 2 atom stereocenters. The highest BCUT2D eigenvalue weighted by atomic mass is 79.9. The van der Waals surface area contributed by atoms with Crippen LogP contribution in [0.2, 0.25) is 0 Å². The molecule has 3 N–H and O–H groups in total. The highest BCUT2D eigenvalue weighted by Gasteiger charge is 2.32. The number of thiazole rings is 1. The lowest BCUT2D eigenvalue weighted by molar-refractivity contribution is -0.142. The first-order valence-electron chi connectivity index (χ1n) is 7.94. The van der Waals surface area contributed by atoms with Gasteiger partial charge in [0.05, 0.1) is 6.04 Å². The Hall–Kier alpha value is -2.06. The lowest BCUT2D eigenvalue weighted by atomic mass is 9.97. The minimum atomic E-state index is -1.27. The third-order valence-electron chi connectivity index (χ3n) is 3.94. The summed E-state index contributed by atoms with van der Waals surface area (Å²) in [5, 5.41) is 25.4. The van der Waals surface area contributed by atoms with E-state index in [0.717, 1.165) is 11.1 Å². The van der Waals surface area contributed by atoms with Gasteiger partial charge < -0.3 is 10.2 Å². The van der Waals surface area contributed by atoms with Crippen LogP contribution < -0.4 is 5.32 Å². The second kappa shape index (κ2) is 8.55.